The molecular weight excluding hydrogens is 204 g/mol. The SMILES string of the molecule is CCN(CCc1cccs1)CC(C)C#N. The first-order chi connectivity index (χ1) is 7.26. The van der Waals surface area contributed by atoms with E-state index in [1.165, 1.54) is 4.88 Å². The minimum absolute atomic E-state index is 0.133. The van der Waals surface area contributed by atoms with E-state index in [0.717, 1.165) is 26.1 Å². The molecule has 0 aliphatic carbocycles. The topological polar surface area (TPSA) is 27.0 Å². The van der Waals surface area contributed by atoms with E-state index < -0.39 is 0 Å². The van der Waals surface area contributed by atoms with Crippen LogP contribution in [0.25, 0.3) is 0 Å². The van der Waals surface area contributed by atoms with Crippen LogP contribution in [0.5, 0.6) is 0 Å². The minimum atomic E-state index is 0.133. The van der Waals surface area contributed by atoms with Crippen LogP contribution in [-0.2, 0) is 6.42 Å². The maximum Gasteiger partial charge on any atom is 0.0666 e. The number of nitriles is 1. The zero-order chi connectivity index (χ0) is 11.1. The third-order valence-corrected chi connectivity index (χ3v) is 3.39. The number of hydrogen-bond donors (Lipinski definition) is 0. The summed E-state index contributed by atoms with van der Waals surface area (Å²) in [4.78, 5) is 3.77. The second-order valence-electron chi connectivity index (χ2n) is 3.75. The molecule has 0 amide bonds. The highest BCUT2D eigenvalue weighted by molar-refractivity contribution is 7.09. The Hall–Kier alpha value is -0.850. The molecule has 1 atom stereocenters. The zero-order valence-corrected chi connectivity index (χ0v) is 10.3. The van der Waals surface area contributed by atoms with E-state index >= 15 is 0 Å². The van der Waals surface area contributed by atoms with Crippen LogP contribution in [0, 0.1) is 17.2 Å². The lowest BCUT2D eigenvalue weighted by Crippen LogP contribution is -2.29. The third-order valence-electron chi connectivity index (χ3n) is 2.45. The van der Waals surface area contributed by atoms with Gasteiger partial charge in [0.25, 0.3) is 0 Å². The summed E-state index contributed by atoms with van der Waals surface area (Å²) in [6.45, 7) is 7.10. The molecule has 3 heteroatoms. The van der Waals surface area contributed by atoms with Gasteiger partial charge < -0.3 is 4.90 Å². The van der Waals surface area contributed by atoms with Crippen molar-refractivity contribution in [2.45, 2.75) is 20.3 Å². The van der Waals surface area contributed by atoms with Gasteiger partial charge >= 0.3 is 0 Å². The van der Waals surface area contributed by atoms with Gasteiger partial charge in [0.2, 0.25) is 0 Å². The number of likely N-dealkylation sites (N-methyl/N-ethyl adjacent to an activating group) is 1. The normalized spacial score (nSPS) is 12.7. The lowest BCUT2D eigenvalue weighted by molar-refractivity contribution is 0.272. The Morgan fingerprint density at radius 1 is 1.60 bits per heavy atom. The highest BCUT2D eigenvalue weighted by Crippen LogP contribution is 2.10. The van der Waals surface area contributed by atoms with Crippen LogP contribution < -0.4 is 0 Å². The standard InChI is InChI=1S/C12H18N2S/c1-3-14(10-11(2)9-13)7-6-12-5-4-8-15-12/h4-5,8,11H,3,6-7,10H2,1-2H3. The van der Waals surface area contributed by atoms with E-state index in [2.05, 4.69) is 35.4 Å². The maximum atomic E-state index is 8.76. The van der Waals surface area contributed by atoms with Crippen molar-refractivity contribution >= 4 is 11.3 Å². The first-order valence-electron chi connectivity index (χ1n) is 5.40. The minimum Gasteiger partial charge on any atom is -0.302 e. The predicted octanol–water partition coefficient (Wildman–Crippen LogP) is 2.77. The van der Waals surface area contributed by atoms with E-state index in [-0.39, 0.29) is 5.92 Å². The van der Waals surface area contributed by atoms with Crippen LogP contribution in [0.1, 0.15) is 18.7 Å². The molecule has 0 saturated carbocycles. The molecule has 0 aromatic carbocycles. The van der Waals surface area contributed by atoms with Gasteiger partial charge in [-0.15, -0.1) is 11.3 Å². The van der Waals surface area contributed by atoms with Crippen LogP contribution in [0.4, 0.5) is 0 Å². The second-order valence-corrected chi connectivity index (χ2v) is 4.78. The van der Waals surface area contributed by atoms with Crippen molar-refractivity contribution in [3.05, 3.63) is 22.4 Å². The quantitative estimate of drug-likeness (QED) is 0.740. The molecule has 1 aromatic heterocycles. The van der Waals surface area contributed by atoms with E-state index in [4.69, 9.17) is 5.26 Å². The first-order valence-corrected chi connectivity index (χ1v) is 6.28. The maximum absolute atomic E-state index is 8.76. The van der Waals surface area contributed by atoms with E-state index in [1.54, 1.807) is 0 Å². The predicted molar refractivity (Wildman–Crippen MR) is 64.9 cm³/mol. The molecule has 0 fully saturated rings. The van der Waals surface area contributed by atoms with Gasteiger partial charge in [0.05, 0.1) is 12.0 Å². The number of hydrogen-bond acceptors (Lipinski definition) is 3. The van der Waals surface area contributed by atoms with Gasteiger partial charge in [-0.05, 0) is 31.3 Å². The summed E-state index contributed by atoms with van der Waals surface area (Å²) in [5.41, 5.74) is 0. The molecule has 82 valence electrons. The van der Waals surface area contributed by atoms with Crippen LogP contribution in [0.2, 0.25) is 0 Å². The van der Waals surface area contributed by atoms with Gasteiger partial charge in [-0.3, -0.25) is 0 Å². The molecule has 0 radical (unpaired) electrons. The molecular formula is C12H18N2S. The van der Waals surface area contributed by atoms with Crippen molar-refractivity contribution in [3.8, 4) is 6.07 Å². The molecule has 0 aliphatic rings. The largest absolute Gasteiger partial charge is 0.302 e. The highest BCUT2D eigenvalue weighted by Gasteiger charge is 2.07. The smallest absolute Gasteiger partial charge is 0.0666 e. The number of thiophene rings is 1. The summed E-state index contributed by atoms with van der Waals surface area (Å²) in [7, 11) is 0. The molecule has 15 heavy (non-hydrogen) atoms. The monoisotopic (exact) mass is 222 g/mol. The van der Waals surface area contributed by atoms with Crippen molar-refractivity contribution in [1.82, 2.24) is 4.90 Å². The van der Waals surface area contributed by atoms with Gasteiger partial charge in [-0.1, -0.05) is 13.0 Å². The van der Waals surface area contributed by atoms with Gasteiger partial charge in [0.1, 0.15) is 0 Å². The van der Waals surface area contributed by atoms with Crippen molar-refractivity contribution < 1.29 is 0 Å². The fraction of sp³-hybridized carbons (Fsp3) is 0.583. The summed E-state index contributed by atoms with van der Waals surface area (Å²) >= 11 is 1.81. The van der Waals surface area contributed by atoms with Crippen LogP contribution in [0.15, 0.2) is 17.5 Å². The second kappa shape index (κ2) is 6.60. The Bertz CT molecular complexity index is 300. The number of rotatable bonds is 6. The van der Waals surface area contributed by atoms with Crippen LogP contribution >= 0.6 is 11.3 Å². The van der Waals surface area contributed by atoms with Gasteiger partial charge in [-0.25, -0.2) is 0 Å². The van der Waals surface area contributed by atoms with Crippen molar-refractivity contribution in [2.24, 2.45) is 5.92 Å². The lowest BCUT2D eigenvalue weighted by atomic mass is 10.2. The summed E-state index contributed by atoms with van der Waals surface area (Å²) in [5, 5.41) is 10.9. The molecule has 1 aromatic rings. The van der Waals surface area contributed by atoms with Gasteiger partial charge in [-0.2, -0.15) is 5.26 Å². The Morgan fingerprint density at radius 3 is 2.93 bits per heavy atom. The summed E-state index contributed by atoms with van der Waals surface area (Å²) in [6.07, 6.45) is 1.10. The third kappa shape index (κ3) is 4.46. The molecule has 1 unspecified atom stereocenters. The Balaban J connectivity index is 2.31. The average Bonchev–Trinajstić information content (AvgIpc) is 2.76. The van der Waals surface area contributed by atoms with Gasteiger partial charge in [0, 0.05) is 18.0 Å². The van der Waals surface area contributed by atoms with Crippen LogP contribution in [0.3, 0.4) is 0 Å². The molecule has 1 rings (SSSR count). The summed E-state index contributed by atoms with van der Waals surface area (Å²) in [6, 6.07) is 6.55. The summed E-state index contributed by atoms with van der Waals surface area (Å²) in [5.74, 6) is 0.133. The van der Waals surface area contributed by atoms with Crippen LogP contribution in [-0.4, -0.2) is 24.5 Å². The van der Waals surface area contributed by atoms with Gasteiger partial charge in [0.15, 0.2) is 0 Å². The van der Waals surface area contributed by atoms with E-state index in [1.807, 2.05) is 18.3 Å². The molecule has 0 bridgehead atoms. The fourth-order valence-electron chi connectivity index (χ4n) is 1.53. The van der Waals surface area contributed by atoms with E-state index in [9.17, 15) is 0 Å². The lowest BCUT2D eigenvalue weighted by Gasteiger charge is -2.20. The molecule has 0 spiro atoms. The molecule has 1 heterocycles. The Labute approximate surface area is 96.1 Å². The number of nitrogens with zero attached hydrogens (tertiary/aromatic N) is 2. The Kier molecular flexibility index (Phi) is 5.38. The van der Waals surface area contributed by atoms with E-state index in [0.29, 0.717) is 0 Å². The molecule has 0 saturated heterocycles. The first kappa shape index (κ1) is 12.2. The van der Waals surface area contributed by atoms with Crippen molar-refractivity contribution in [2.75, 3.05) is 19.6 Å². The van der Waals surface area contributed by atoms with Crippen molar-refractivity contribution in [3.63, 3.8) is 0 Å². The fourth-order valence-corrected chi connectivity index (χ4v) is 2.23. The molecule has 2 nitrogen and oxygen atoms in total. The molecule has 0 aliphatic heterocycles. The highest BCUT2D eigenvalue weighted by atomic mass is 32.1. The zero-order valence-electron chi connectivity index (χ0n) is 9.44. The van der Waals surface area contributed by atoms with Crippen molar-refractivity contribution in [1.29, 1.82) is 5.26 Å². The molecule has 0 N–H and O–H groups in total. The average molecular weight is 222 g/mol. The summed E-state index contributed by atoms with van der Waals surface area (Å²) < 4.78 is 0. The Morgan fingerprint density at radius 2 is 2.40 bits per heavy atom.